The molecule has 0 aliphatic heterocycles. The summed E-state index contributed by atoms with van der Waals surface area (Å²) in [5.41, 5.74) is 1.01. The van der Waals surface area contributed by atoms with Crippen LogP contribution >= 0.6 is 0 Å². The number of benzene rings is 1. The first-order chi connectivity index (χ1) is 8.20. The standard InChI is InChI=1S/C12H10N2O3/c15-12(16)11(14-17)7-9-6-5-8-3-1-2-4-10(8)13-9/h1-6,17H,7H2,(H,15,16)/b14-11-. The highest BCUT2D eigenvalue weighted by Gasteiger charge is 2.12. The predicted octanol–water partition coefficient (Wildman–Crippen LogP) is 1.69. The van der Waals surface area contributed by atoms with Crippen LogP contribution in [0.25, 0.3) is 10.9 Å². The number of aromatic nitrogens is 1. The number of pyridine rings is 1. The van der Waals surface area contributed by atoms with Gasteiger partial charge in [-0.1, -0.05) is 29.4 Å². The summed E-state index contributed by atoms with van der Waals surface area (Å²) >= 11 is 0. The van der Waals surface area contributed by atoms with Gasteiger partial charge in [-0.25, -0.2) is 4.79 Å². The number of carboxylic acids is 1. The van der Waals surface area contributed by atoms with E-state index in [1.165, 1.54) is 0 Å². The zero-order valence-corrected chi connectivity index (χ0v) is 8.87. The zero-order valence-electron chi connectivity index (χ0n) is 8.87. The molecule has 0 fully saturated rings. The van der Waals surface area contributed by atoms with E-state index in [0.29, 0.717) is 5.69 Å². The third-order valence-corrected chi connectivity index (χ3v) is 2.37. The molecule has 2 rings (SSSR count). The van der Waals surface area contributed by atoms with E-state index in [4.69, 9.17) is 10.3 Å². The summed E-state index contributed by atoms with van der Waals surface area (Å²) in [6, 6.07) is 11.1. The number of carbonyl (C=O) groups is 1. The summed E-state index contributed by atoms with van der Waals surface area (Å²) in [5.74, 6) is -1.25. The lowest BCUT2D eigenvalue weighted by Gasteiger charge is -2.02. The van der Waals surface area contributed by atoms with Gasteiger partial charge in [-0.15, -0.1) is 0 Å². The molecule has 0 spiro atoms. The van der Waals surface area contributed by atoms with Crippen molar-refractivity contribution in [3.8, 4) is 0 Å². The van der Waals surface area contributed by atoms with E-state index in [1.807, 2.05) is 30.3 Å². The first kappa shape index (κ1) is 11.1. The van der Waals surface area contributed by atoms with Gasteiger partial charge >= 0.3 is 5.97 Å². The molecule has 0 unspecified atom stereocenters. The smallest absolute Gasteiger partial charge is 0.354 e. The van der Waals surface area contributed by atoms with Crippen molar-refractivity contribution >= 4 is 22.6 Å². The van der Waals surface area contributed by atoms with Gasteiger partial charge in [-0.3, -0.25) is 4.98 Å². The Morgan fingerprint density at radius 1 is 1.24 bits per heavy atom. The van der Waals surface area contributed by atoms with Crippen LogP contribution in [0.4, 0.5) is 0 Å². The van der Waals surface area contributed by atoms with Crippen molar-refractivity contribution in [2.24, 2.45) is 5.16 Å². The Balaban J connectivity index is 2.34. The lowest BCUT2D eigenvalue weighted by Crippen LogP contribution is -2.16. The van der Waals surface area contributed by atoms with E-state index in [-0.39, 0.29) is 12.1 Å². The molecule has 0 saturated carbocycles. The minimum absolute atomic E-state index is 0.00331. The van der Waals surface area contributed by atoms with Crippen molar-refractivity contribution in [2.75, 3.05) is 0 Å². The molecule has 5 nitrogen and oxygen atoms in total. The van der Waals surface area contributed by atoms with Crippen molar-refractivity contribution in [2.45, 2.75) is 6.42 Å². The van der Waals surface area contributed by atoms with Crippen molar-refractivity contribution in [1.82, 2.24) is 4.98 Å². The molecule has 17 heavy (non-hydrogen) atoms. The van der Waals surface area contributed by atoms with Crippen LogP contribution in [0.15, 0.2) is 41.6 Å². The van der Waals surface area contributed by atoms with Crippen LogP contribution in [0.1, 0.15) is 5.69 Å². The van der Waals surface area contributed by atoms with Crippen molar-refractivity contribution in [3.05, 3.63) is 42.1 Å². The van der Waals surface area contributed by atoms with Gasteiger partial charge in [0.2, 0.25) is 0 Å². The number of fused-ring (bicyclic) bond motifs is 1. The Hall–Kier alpha value is -2.43. The maximum absolute atomic E-state index is 10.7. The summed E-state index contributed by atoms with van der Waals surface area (Å²) in [5, 5.41) is 21.0. The molecule has 5 heteroatoms. The van der Waals surface area contributed by atoms with Crippen molar-refractivity contribution in [1.29, 1.82) is 0 Å². The van der Waals surface area contributed by atoms with Crippen LogP contribution in [-0.4, -0.2) is 27.0 Å². The fraction of sp³-hybridized carbons (Fsp3) is 0.0833. The normalized spacial score (nSPS) is 11.6. The molecule has 0 radical (unpaired) electrons. The molecule has 0 aliphatic carbocycles. The molecule has 1 heterocycles. The van der Waals surface area contributed by atoms with Gasteiger partial charge in [-0.05, 0) is 12.1 Å². The Labute approximate surface area is 97.0 Å². The number of nitrogens with zero attached hydrogens (tertiary/aromatic N) is 2. The van der Waals surface area contributed by atoms with Gasteiger partial charge in [0, 0.05) is 17.5 Å². The number of para-hydroxylation sites is 1. The average Bonchev–Trinajstić information content (AvgIpc) is 2.35. The molecule has 0 bridgehead atoms. The van der Waals surface area contributed by atoms with E-state index >= 15 is 0 Å². The maximum atomic E-state index is 10.7. The average molecular weight is 230 g/mol. The first-order valence-corrected chi connectivity index (χ1v) is 4.99. The minimum Gasteiger partial charge on any atom is -0.477 e. The number of hydrogen-bond acceptors (Lipinski definition) is 4. The molecule has 0 aliphatic rings. The number of carboxylic acid groups (broad SMARTS) is 1. The number of rotatable bonds is 3. The van der Waals surface area contributed by atoms with Gasteiger partial charge < -0.3 is 10.3 Å². The van der Waals surface area contributed by atoms with Crippen LogP contribution in [-0.2, 0) is 11.2 Å². The minimum atomic E-state index is -1.25. The van der Waals surface area contributed by atoms with E-state index < -0.39 is 5.97 Å². The number of hydrogen-bond donors (Lipinski definition) is 2. The molecule has 2 aromatic rings. The summed E-state index contributed by atoms with van der Waals surface area (Å²) < 4.78 is 0. The van der Waals surface area contributed by atoms with Crippen LogP contribution in [0.5, 0.6) is 0 Å². The highest BCUT2D eigenvalue weighted by molar-refractivity contribution is 6.35. The molecule has 1 aromatic heterocycles. The quantitative estimate of drug-likeness (QED) is 0.477. The van der Waals surface area contributed by atoms with Gasteiger partial charge in [0.15, 0.2) is 5.71 Å². The van der Waals surface area contributed by atoms with E-state index in [1.54, 1.807) is 6.07 Å². The zero-order chi connectivity index (χ0) is 12.3. The monoisotopic (exact) mass is 230 g/mol. The topological polar surface area (TPSA) is 82.8 Å². The first-order valence-electron chi connectivity index (χ1n) is 4.99. The Morgan fingerprint density at radius 2 is 2.00 bits per heavy atom. The van der Waals surface area contributed by atoms with Crippen LogP contribution in [0.2, 0.25) is 0 Å². The molecule has 0 saturated heterocycles. The second kappa shape index (κ2) is 4.61. The second-order valence-corrected chi connectivity index (χ2v) is 3.52. The van der Waals surface area contributed by atoms with Crippen molar-refractivity contribution in [3.63, 3.8) is 0 Å². The molecule has 0 atom stereocenters. The third kappa shape index (κ3) is 2.39. The van der Waals surface area contributed by atoms with Crippen molar-refractivity contribution < 1.29 is 15.1 Å². The molecular formula is C12H10N2O3. The Bertz CT molecular complexity index is 593. The molecule has 0 amide bonds. The summed E-state index contributed by atoms with van der Waals surface area (Å²) in [4.78, 5) is 15.0. The largest absolute Gasteiger partial charge is 0.477 e. The maximum Gasteiger partial charge on any atom is 0.354 e. The second-order valence-electron chi connectivity index (χ2n) is 3.52. The summed E-state index contributed by atoms with van der Waals surface area (Å²) in [6.45, 7) is 0. The number of oxime groups is 1. The highest BCUT2D eigenvalue weighted by Crippen LogP contribution is 2.12. The predicted molar refractivity (Wildman–Crippen MR) is 62.3 cm³/mol. The van der Waals surface area contributed by atoms with E-state index in [9.17, 15) is 4.79 Å². The van der Waals surface area contributed by atoms with Crippen LogP contribution < -0.4 is 0 Å². The molecule has 1 aromatic carbocycles. The summed E-state index contributed by atoms with van der Waals surface area (Å²) in [6.07, 6.45) is -0.00331. The summed E-state index contributed by atoms with van der Waals surface area (Å²) in [7, 11) is 0. The van der Waals surface area contributed by atoms with Gasteiger partial charge in [0.1, 0.15) is 0 Å². The number of aliphatic carboxylic acids is 1. The Morgan fingerprint density at radius 3 is 2.71 bits per heavy atom. The molecule has 2 N–H and O–H groups in total. The highest BCUT2D eigenvalue weighted by atomic mass is 16.4. The van der Waals surface area contributed by atoms with E-state index in [2.05, 4.69) is 10.1 Å². The van der Waals surface area contributed by atoms with Gasteiger partial charge in [-0.2, -0.15) is 0 Å². The fourth-order valence-electron chi connectivity index (χ4n) is 1.53. The third-order valence-electron chi connectivity index (χ3n) is 2.37. The van der Waals surface area contributed by atoms with Gasteiger partial charge in [0.25, 0.3) is 0 Å². The van der Waals surface area contributed by atoms with Crippen LogP contribution in [0, 0.1) is 0 Å². The Kier molecular flexibility index (Phi) is 3.00. The lowest BCUT2D eigenvalue weighted by atomic mass is 10.1. The fourth-order valence-corrected chi connectivity index (χ4v) is 1.53. The molecular weight excluding hydrogens is 220 g/mol. The van der Waals surface area contributed by atoms with E-state index in [0.717, 1.165) is 10.9 Å². The van der Waals surface area contributed by atoms with Gasteiger partial charge in [0.05, 0.1) is 5.52 Å². The lowest BCUT2D eigenvalue weighted by molar-refractivity contribution is -0.129. The van der Waals surface area contributed by atoms with Crippen LogP contribution in [0.3, 0.4) is 0 Å². The molecule has 86 valence electrons. The SMILES string of the molecule is O=C(O)/C(Cc1ccc2ccccc2n1)=N\O.